The van der Waals surface area contributed by atoms with Crippen molar-refractivity contribution < 1.29 is 19.7 Å². The highest BCUT2D eigenvalue weighted by Gasteiger charge is 2.27. The maximum Gasteiger partial charge on any atom is 0.320 e. The molecule has 0 amide bonds. The molecule has 0 bridgehead atoms. The van der Waals surface area contributed by atoms with Gasteiger partial charge in [-0.25, -0.2) is 0 Å². The van der Waals surface area contributed by atoms with Crippen LogP contribution in [-0.4, -0.2) is 27.0 Å². The molecule has 9 heteroatoms. The first-order valence-corrected chi connectivity index (χ1v) is 4.73. The van der Waals surface area contributed by atoms with Crippen molar-refractivity contribution in [2.45, 2.75) is 12.5 Å². The Bertz CT molecular complexity index is 483. The van der Waals surface area contributed by atoms with Crippen LogP contribution in [0.15, 0.2) is 18.2 Å². The summed E-state index contributed by atoms with van der Waals surface area (Å²) in [5.74, 6) is -1.39. The highest BCUT2D eigenvalue weighted by molar-refractivity contribution is 5.74. The Hall–Kier alpha value is -2.55. The van der Waals surface area contributed by atoms with Crippen LogP contribution >= 0.6 is 0 Å². The summed E-state index contributed by atoms with van der Waals surface area (Å²) in [6.45, 7) is 0. The lowest BCUT2D eigenvalue weighted by atomic mass is 10.0. The number of hydrogen-bond acceptors (Lipinski definition) is 6. The lowest BCUT2D eigenvalue weighted by Gasteiger charge is -2.07. The number of nitro groups is 2. The molecule has 0 radical (unpaired) electrons. The van der Waals surface area contributed by atoms with Crippen LogP contribution in [0.2, 0.25) is 0 Å². The Balaban J connectivity index is 3.31. The molecule has 96 valence electrons. The van der Waals surface area contributed by atoms with Gasteiger partial charge in [0.15, 0.2) is 0 Å². The van der Waals surface area contributed by atoms with Crippen molar-refractivity contribution >= 4 is 17.3 Å². The number of nitrogens with two attached hydrogens (primary N) is 1. The number of nitrogens with zero attached hydrogens (tertiary/aromatic N) is 2. The van der Waals surface area contributed by atoms with Crippen LogP contribution in [0.1, 0.15) is 5.56 Å². The van der Waals surface area contributed by atoms with Gasteiger partial charge in [-0.2, -0.15) is 0 Å². The monoisotopic (exact) mass is 255 g/mol. The Morgan fingerprint density at radius 2 is 1.72 bits per heavy atom. The molecule has 0 saturated carbocycles. The molecule has 0 aliphatic carbocycles. The molecular weight excluding hydrogens is 246 g/mol. The largest absolute Gasteiger partial charge is 0.480 e. The van der Waals surface area contributed by atoms with Crippen LogP contribution in [0.25, 0.3) is 0 Å². The van der Waals surface area contributed by atoms with Crippen molar-refractivity contribution in [3.8, 4) is 0 Å². The van der Waals surface area contributed by atoms with Gasteiger partial charge in [-0.05, 0) is 6.07 Å². The molecule has 3 N–H and O–H groups in total. The smallest absolute Gasteiger partial charge is 0.320 e. The van der Waals surface area contributed by atoms with Crippen molar-refractivity contribution in [1.82, 2.24) is 0 Å². The molecule has 0 aliphatic heterocycles. The summed E-state index contributed by atoms with van der Waals surface area (Å²) < 4.78 is 0. The Labute approximate surface area is 100 Å². The highest BCUT2D eigenvalue weighted by atomic mass is 16.6. The summed E-state index contributed by atoms with van der Waals surface area (Å²) >= 11 is 0. The molecule has 1 aromatic carbocycles. The fourth-order valence-corrected chi connectivity index (χ4v) is 1.42. The molecule has 0 saturated heterocycles. The fraction of sp³-hybridized carbons (Fsp3) is 0.222. The predicted octanol–water partition coefficient (Wildman–Crippen LogP) is 0.457. The maximum absolute atomic E-state index is 10.7. The van der Waals surface area contributed by atoms with E-state index in [1.54, 1.807) is 0 Å². The summed E-state index contributed by atoms with van der Waals surface area (Å²) in [6.07, 6.45) is -0.483. The third kappa shape index (κ3) is 2.77. The van der Waals surface area contributed by atoms with Crippen LogP contribution in [0.3, 0.4) is 0 Å². The molecule has 0 unspecified atom stereocenters. The Morgan fingerprint density at radius 3 is 2.06 bits per heavy atom. The zero-order valence-corrected chi connectivity index (χ0v) is 8.98. The first kappa shape index (κ1) is 13.5. The van der Waals surface area contributed by atoms with E-state index in [0.29, 0.717) is 0 Å². The molecule has 1 rings (SSSR count). The van der Waals surface area contributed by atoms with Crippen LogP contribution in [-0.2, 0) is 11.2 Å². The minimum Gasteiger partial charge on any atom is -0.480 e. The van der Waals surface area contributed by atoms with E-state index in [-0.39, 0.29) is 5.56 Å². The maximum atomic E-state index is 10.7. The molecular formula is C9H9N3O6. The van der Waals surface area contributed by atoms with E-state index in [9.17, 15) is 25.0 Å². The SMILES string of the molecule is N[C@@H](Cc1c([N+](=O)[O-])cccc1[N+](=O)[O-])C(=O)O. The number of carbonyl (C=O) groups is 1. The van der Waals surface area contributed by atoms with Gasteiger partial charge in [-0.1, -0.05) is 0 Å². The van der Waals surface area contributed by atoms with Gasteiger partial charge >= 0.3 is 5.97 Å². The molecule has 0 aromatic heterocycles. The molecule has 1 aromatic rings. The lowest BCUT2D eigenvalue weighted by Crippen LogP contribution is -2.32. The van der Waals surface area contributed by atoms with Crippen LogP contribution in [0.4, 0.5) is 11.4 Å². The normalized spacial score (nSPS) is 11.8. The van der Waals surface area contributed by atoms with Gasteiger partial charge in [0.1, 0.15) is 11.6 Å². The molecule has 1 atom stereocenters. The first-order chi connectivity index (χ1) is 8.34. The summed E-state index contributed by atoms with van der Waals surface area (Å²) in [6, 6.07) is 1.85. The Kier molecular flexibility index (Phi) is 3.89. The third-order valence-corrected chi connectivity index (χ3v) is 2.26. The average Bonchev–Trinajstić information content (AvgIpc) is 2.28. The van der Waals surface area contributed by atoms with E-state index in [1.807, 2.05) is 0 Å². The highest BCUT2D eigenvalue weighted by Crippen LogP contribution is 2.29. The number of benzene rings is 1. The van der Waals surface area contributed by atoms with Gasteiger partial charge in [0.25, 0.3) is 11.4 Å². The van der Waals surface area contributed by atoms with Crippen LogP contribution < -0.4 is 5.73 Å². The number of hydrogen-bond donors (Lipinski definition) is 2. The quantitative estimate of drug-likeness (QED) is 0.572. The second-order valence-corrected chi connectivity index (χ2v) is 3.44. The van der Waals surface area contributed by atoms with E-state index < -0.39 is 39.7 Å². The van der Waals surface area contributed by atoms with E-state index in [2.05, 4.69) is 0 Å². The number of carboxylic acid groups (broad SMARTS) is 1. The second kappa shape index (κ2) is 5.19. The van der Waals surface area contributed by atoms with Gasteiger partial charge in [0, 0.05) is 18.6 Å². The minimum absolute atomic E-state index is 0.289. The van der Waals surface area contributed by atoms with Crippen LogP contribution in [0, 0.1) is 20.2 Å². The molecule has 0 fully saturated rings. The minimum atomic E-state index is -1.44. The van der Waals surface area contributed by atoms with Crippen molar-refractivity contribution in [3.05, 3.63) is 44.0 Å². The van der Waals surface area contributed by atoms with Crippen LogP contribution in [0.5, 0.6) is 0 Å². The van der Waals surface area contributed by atoms with Crippen molar-refractivity contribution in [1.29, 1.82) is 0 Å². The Morgan fingerprint density at radius 1 is 1.28 bits per heavy atom. The molecule has 18 heavy (non-hydrogen) atoms. The van der Waals surface area contributed by atoms with Gasteiger partial charge in [-0.15, -0.1) is 0 Å². The standard InChI is InChI=1S/C9H9N3O6/c10-6(9(13)14)4-5-7(11(15)16)2-1-3-8(5)12(17)18/h1-3,6H,4,10H2,(H,13,14)/t6-/m0/s1. The predicted molar refractivity (Wildman–Crippen MR) is 59.1 cm³/mol. The first-order valence-electron chi connectivity index (χ1n) is 4.73. The van der Waals surface area contributed by atoms with Crippen molar-refractivity contribution in [3.63, 3.8) is 0 Å². The van der Waals surface area contributed by atoms with E-state index >= 15 is 0 Å². The number of nitro benzene ring substituents is 2. The van der Waals surface area contributed by atoms with Gasteiger partial charge in [-0.3, -0.25) is 25.0 Å². The summed E-state index contributed by atoms with van der Waals surface area (Å²) in [5, 5.41) is 30.1. The number of rotatable bonds is 5. The van der Waals surface area contributed by atoms with E-state index in [1.165, 1.54) is 0 Å². The molecule has 9 nitrogen and oxygen atoms in total. The van der Waals surface area contributed by atoms with Gasteiger partial charge in [0.05, 0.1) is 9.85 Å². The average molecular weight is 255 g/mol. The summed E-state index contributed by atoms with van der Waals surface area (Å²) in [4.78, 5) is 30.5. The number of carboxylic acids is 1. The fourth-order valence-electron chi connectivity index (χ4n) is 1.42. The van der Waals surface area contributed by atoms with E-state index in [4.69, 9.17) is 10.8 Å². The molecule has 0 heterocycles. The molecule has 0 aliphatic rings. The zero-order valence-electron chi connectivity index (χ0n) is 8.98. The number of aliphatic carboxylic acids is 1. The second-order valence-electron chi connectivity index (χ2n) is 3.44. The summed E-state index contributed by atoms with van der Waals surface area (Å²) in [7, 11) is 0. The van der Waals surface area contributed by atoms with Crippen molar-refractivity contribution in [2.75, 3.05) is 0 Å². The van der Waals surface area contributed by atoms with Gasteiger partial charge in [0.2, 0.25) is 0 Å². The van der Waals surface area contributed by atoms with Crippen molar-refractivity contribution in [2.24, 2.45) is 5.73 Å². The molecule has 0 spiro atoms. The lowest BCUT2D eigenvalue weighted by molar-refractivity contribution is -0.395. The third-order valence-electron chi connectivity index (χ3n) is 2.26. The zero-order chi connectivity index (χ0) is 13.9. The summed E-state index contributed by atoms with van der Waals surface area (Å²) in [5.41, 5.74) is 3.93. The van der Waals surface area contributed by atoms with Gasteiger partial charge < -0.3 is 10.8 Å². The van der Waals surface area contributed by atoms with E-state index in [0.717, 1.165) is 18.2 Å². The topological polar surface area (TPSA) is 150 Å².